The molecule has 1 aliphatic heterocycles. The molecule has 0 aromatic heterocycles. The van der Waals surface area contributed by atoms with Crippen LogP contribution in [0.15, 0.2) is 18.2 Å². The van der Waals surface area contributed by atoms with E-state index in [4.69, 9.17) is 0 Å². The van der Waals surface area contributed by atoms with Crippen LogP contribution in [0.3, 0.4) is 0 Å². The summed E-state index contributed by atoms with van der Waals surface area (Å²) in [5, 5.41) is 10.1. The maximum absolute atomic E-state index is 12.4. The van der Waals surface area contributed by atoms with Gasteiger partial charge in [-0.2, -0.15) is 0 Å². The molecule has 1 aliphatic rings. The molecule has 1 heterocycles. The Morgan fingerprint density at radius 3 is 2.44 bits per heavy atom. The third-order valence-electron chi connectivity index (χ3n) is 3.43. The number of aryl methyl sites for hydroxylation is 2. The third kappa shape index (κ3) is 2.91. The molecule has 3 nitrogen and oxygen atoms in total. The first kappa shape index (κ1) is 13.1. The van der Waals surface area contributed by atoms with E-state index in [-0.39, 0.29) is 5.91 Å². The number of amides is 1. The van der Waals surface area contributed by atoms with Gasteiger partial charge in [-0.05, 0) is 45.7 Å². The van der Waals surface area contributed by atoms with E-state index < -0.39 is 5.60 Å². The molecule has 0 saturated carbocycles. The molecule has 0 radical (unpaired) electrons. The normalized spacial score (nSPS) is 24.1. The number of carbonyl (C=O) groups excluding carboxylic acids is 1. The van der Waals surface area contributed by atoms with Crippen molar-refractivity contribution in [2.75, 3.05) is 13.1 Å². The van der Waals surface area contributed by atoms with Gasteiger partial charge in [-0.25, -0.2) is 0 Å². The van der Waals surface area contributed by atoms with Crippen molar-refractivity contribution < 1.29 is 9.90 Å². The molecule has 0 bridgehead atoms. The van der Waals surface area contributed by atoms with Gasteiger partial charge in [0.15, 0.2) is 0 Å². The summed E-state index contributed by atoms with van der Waals surface area (Å²) in [7, 11) is 0. The van der Waals surface area contributed by atoms with Gasteiger partial charge in [-0.15, -0.1) is 0 Å². The molecular formula is C15H21NO2. The summed E-state index contributed by atoms with van der Waals surface area (Å²) in [6, 6.07) is 5.89. The van der Waals surface area contributed by atoms with E-state index in [1.54, 1.807) is 11.8 Å². The number of hydrogen-bond donors (Lipinski definition) is 1. The van der Waals surface area contributed by atoms with Gasteiger partial charge in [0.25, 0.3) is 5.91 Å². The Kier molecular flexibility index (Phi) is 3.44. The number of hydrogen-bond acceptors (Lipinski definition) is 2. The Bertz CT molecular complexity index is 445. The number of carbonyl (C=O) groups is 1. The topological polar surface area (TPSA) is 40.5 Å². The van der Waals surface area contributed by atoms with E-state index in [0.29, 0.717) is 6.54 Å². The highest BCUT2D eigenvalue weighted by Gasteiger charge is 2.31. The minimum Gasteiger partial charge on any atom is -0.388 e. The average Bonchev–Trinajstić information content (AvgIpc) is 2.25. The second-order valence-electron chi connectivity index (χ2n) is 5.70. The summed E-state index contributed by atoms with van der Waals surface area (Å²) in [6.07, 6.45) is 1.63. The summed E-state index contributed by atoms with van der Waals surface area (Å²) >= 11 is 0. The second-order valence-corrected chi connectivity index (χ2v) is 5.70. The Morgan fingerprint density at radius 1 is 1.28 bits per heavy atom. The summed E-state index contributed by atoms with van der Waals surface area (Å²) < 4.78 is 0. The largest absolute Gasteiger partial charge is 0.388 e. The minimum absolute atomic E-state index is 0.0294. The number of aliphatic hydroxyl groups is 1. The van der Waals surface area contributed by atoms with Crippen molar-refractivity contribution in [3.05, 3.63) is 34.9 Å². The lowest BCUT2D eigenvalue weighted by Gasteiger charge is -2.36. The van der Waals surface area contributed by atoms with E-state index >= 15 is 0 Å². The number of β-amino-alcohol motifs (C(OH)–C–C–N with tert-alkyl or cyclic N) is 1. The minimum atomic E-state index is -0.743. The summed E-state index contributed by atoms with van der Waals surface area (Å²) in [6.45, 7) is 6.96. The lowest BCUT2D eigenvalue weighted by Crippen LogP contribution is -2.48. The smallest absolute Gasteiger partial charge is 0.253 e. The van der Waals surface area contributed by atoms with Crippen LogP contribution in [0.2, 0.25) is 0 Å². The van der Waals surface area contributed by atoms with Crippen LogP contribution in [-0.2, 0) is 0 Å². The summed E-state index contributed by atoms with van der Waals surface area (Å²) in [5.74, 6) is 0.0294. The predicted molar refractivity (Wildman–Crippen MR) is 71.7 cm³/mol. The number of rotatable bonds is 1. The standard InChI is InChI=1S/C15H21NO2/c1-11-7-12(2)9-13(8-11)14(17)16-6-4-5-15(3,18)10-16/h7-9,18H,4-6,10H2,1-3H3. The number of piperidine rings is 1. The quantitative estimate of drug-likeness (QED) is 0.827. The fourth-order valence-corrected chi connectivity index (χ4v) is 2.67. The zero-order chi connectivity index (χ0) is 13.3. The lowest BCUT2D eigenvalue weighted by molar-refractivity contribution is -0.0107. The fourth-order valence-electron chi connectivity index (χ4n) is 2.67. The fraction of sp³-hybridized carbons (Fsp3) is 0.533. The van der Waals surface area contributed by atoms with Gasteiger partial charge in [0, 0.05) is 18.7 Å². The third-order valence-corrected chi connectivity index (χ3v) is 3.43. The molecular weight excluding hydrogens is 226 g/mol. The molecule has 98 valence electrons. The Labute approximate surface area is 108 Å². The Balaban J connectivity index is 2.20. The molecule has 1 amide bonds. The van der Waals surface area contributed by atoms with Gasteiger partial charge in [0.1, 0.15) is 0 Å². The molecule has 3 heteroatoms. The first-order chi connectivity index (χ1) is 8.37. The van der Waals surface area contributed by atoms with Gasteiger partial charge in [0.2, 0.25) is 0 Å². The molecule has 18 heavy (non-hydrogen) atoms. The van der Waals surface area contributed by atoms with Crippen LogP contribution in [0, 0.1) is 13.8 Å². The number of nitrogens with zero attached hydrogens (tertiary/aromatic N) is 1. The highest BCUT2D eigenvalue weighted by molar-refractivity contribution is 5.94. The van der Waals surface area contributed by atoms with E-state index in [1.807, 2.05) is 26.0 Å². The van der Waals surface area contributed by atoms with Crippen LogP contribution < -0.4 is 0 Å². The maximum Gasteiger partial charge on any atom is 0.253 e. The molecule has 0 aliphatic carbocycles. The molecule has 1 N–H and O–H groups in total. The molecule has 1 atom stereocenters. The van der Waals surface area contributed by atoms with Crippen LogP contribution in [0.25, 0.3) is 0 Å². The maximum atomic E-state index is 12.4. The van der Waals surface area contributed by atoms with Crippen LogP contribution in [0.4, 0.5) is 0 Å². The van der Waals surface area contributed by atoms with E-state index in [9.17, 15) is 9.90 Å². The summed E-state index contributed by atoms with van der Waals surface area (Å²) in [4.78, 5) is 14.2. The van der Waals surface area contributed by atoms with Gasteiger partial charge in [-0.3, -0.25) is 4.79 Å². The van der Waals surface area contributed by atoms with Crippen molar-refractivity contribution in [2.45, 2.75) is 39.2 Å². The SMILES string of the molecule is Cc1cc(C)cc(C(=O)N2CCCC(C)(O)C2)c1. The van der Waals surface area contributed by atoms with Crippen molar-refractivity contribution in [1.82, 2.24) is 4.90 Å². The predicted octanol–water partition coefficient (Wildman–Crippen LogP) is 2.29. The lowest BCUT2D eigenvalue weighted by atomic mass is 9.94. The molecule has 2 rings (SSSR count). The van der Waals surface area contributed by atoms with Crippen LogP contribution in [0.1, 0.15) is 41.3 Å². The van der Waals surface area contributed by atoms with E-state index in [2.05, 4.69) is 6.07 Å². The van der Waals surface area contributed by atoms with Gasteiger partial charge < -0.3 is 10.0 Å². The number of benzene rings is 1. The molecule has 1 fully saturated rings. The van der Waals surface area contributed by atoms with E-state index in [0.717, 1.165) is 36.1 Å². The Hall–Kier alpha value is -1.35. The van der Waals surface area contributed by atoms with Crippen molar-refractivity contribution in [1.29, 1.82) is 0 Å². The van der Waals surface area contributed by atoms with Crippen molar-refractivity contribution in [3.8, 4) is 0 Å². The van der Waals surface area contributed by atoms with Gasteiger partial charge >= 0.3 is 0 Å². The van der Waals surface area contributed by atoms with E-state index in [1.165, 1.54) is 0 Å². The molecule has 1 aromatic carbocycles. The van der Waals surface area contributed by atoms with Crippen molar-refractivity contribution >= 4 is 5.91 Å². The first-order valence-electron chi connectivity index (χ1n) is 6.47. The Morgan fingerprint density at radius 2 is 1.89 bits per heavy atom. The van der Waals surface area contributed by atoms with Crippen molar-refractivity contribution in [3.63, 3.8) is 0 Å². The second kappa shape index (κ2) is 4.73. The van der Waals surface area contributed by atoms with Crippen LogP contribution >= 0.6 is 0 Å². The zero-order valence-corrected chi connectivity index (χ0v) is 11.4. The molecule has 1 aromatic rings. The molecule has 1 unspecified atom stereocenters. The average molecular weight is 247 g/mol. The van der Waals surface area contributed by atoms with Crippen LogP contribution in [0.5, 0.6) is 0 Å². The van der Waals surface area contributed by atoms with Gasteiger partial charge in [-0.1, -0.05) is 17.2 Å². The van der Waals surface area contributed by atoms with Crippen molar-refractivity contribution in [2.24, 2.45) is 0 Å². The first-order valence-corrected chi connectivity index (χ1v) is 6.47. The monoisotopic (exact) mass is 247 g/mol. The highest BCUT2D eigenvalue weighted by atomic mass is 16.3. The van der Waals surface area contributed by atoms with Gasteiger partial charge in [0.05, 0.1) is 5.60 Å². The van der Waals surface area contributed by atoms with Crippen LogP contribution in [-0.4, -0.2) is 34.6 Å². The molecule has 0 spiro atoms. The number of likely N-dealkylation sites (tertiary alicyclic amines) is 1. The zero-order valence-electron chi connectivity index (χ0n) is 11.4. The molecule has 1 saturated heterocycles. The summed E-state index contributed by atoms with van der Waals surface area (Å²) in [5.41, 5.74) is 2.18. The highest BCUT2D eigenvalue weighted by Crippen LogP contribution is 2.22.